The van der Waals surface area contributed by atoms with E-state index < -0.39 is 0 Å². The Morgan fingerprint density at radius 3 is 2.59 bits per heavy atom. The van der Waals surface area contributed by atoms with E-state index in [-0.39, 0.29) is 12.0 Å². The van der Waals surface area contributed by atoms with E-state index in [9.17, 15) is 4.79 Å². The van der Waals surface area contributed by atoms with Gasteiger partial charge in [-0.05, 0) is 73.2 Å². The number of carbonyl (C=O) groups excluding carboxylic acids is 1. The molecule has 176 valence electrons. The van der Waals surface area contributed by atoms with Gasteiger partial charge in [0.2, 0.25) is 5.91 Å². The molecule has 2 N–H and O–H groups in total. The second-order valence-corrected chi connectivity index (χ2v) is 9.76. The average molecular weight is 459 g/mol. The zero-order chi connectivity index (χ0) is 23.1. The van der Waals surface area contributed by atoms with Crippen LogP contribution in [-0.2, 0) is 11.2 Å². The SMILES string of the molecule is CC(=O)NC1CC2CC[C@H](C1)N2CC1Cc2ccc(Oc3ccc(-c4ccn[nH]4)cc3)cc2O1. The van der Waals surface area contributed by atoms with Crippen LogP contribution in [0.25, 0.3) is 11.3 Å². The zero-order valence-corrected chi connectivity index (χ0v) is 19.4. The van der Waals surface area contributed by atoms with Gasteiger partial charge in [-0.3, -0.25) is 14.8 Å². The van der Waals surface area contributed by atoms with E-state index >= 15 is 0 Å². The summed E-state index contributed by atoms with van der Waals surface area (Å²) in [6, 6.07) is 17.5. The van der Waals surface area contributed by atoms with Gasteiger partial charge in [-0.15, -0.1) is 0 Å². The summed E-state index contributed by atoms with van der Waals surface area (Å²) in [4.78, 5) is 14.1. The Kier molecular flexibility index (Phi) is 5.49. The summed E-state index contributed by atoms with van der Waals surface area (Å²) in [5, 5.41) is 10.1. The second kappa shape index (κ2) is 8.80. The first-order chi connectivity index (χ1) is 16.6. The highest BCUT2D eigenvalue weighted by Crippen LogP contribution is 2.39. The molecule has 34 heavy (non-hydrogen) atoms. The van der Waals surface area contributed by atoms with Crippen LogP contribution in [0.15, 0.2) is 54.7 Å². The molecule has 3 aliphatic heterocycles. The lowest BCUT2D eigenvalue weighted by Crippen LogP contribution is -2.52. The number of benzene rings is 2. The number of hydrogen-bond acceptors (Lipinski definition) is 5. The van der Waals surface area contributed by atoms with E-state index in [1.165, 1.54) is 18.4 Å². The summed E-state index contributed by atoms with van der Waals surface area (Å²) in [7, 11) is 0. The second-order valence-electron chi connectivity index (χ2n) is 9.76. The first-order valence-electron chi connectivity index (χ1n) is 12.2. The Labute approximate surface area is 199 Å². The minimum absolute atomic E-state index is 0.0826. The number of hydrogen-bond donors (Lipinski definition) is 2. The quantitative estimate of drug-likeness (QED) is 0.576. The monoisotopic (exact) mass is 458 g/mol. The first kappa shape index (κ1) is 21.2. The van der Waals surface area contributed by atoms with E-state index in [1.807, 2.05) is 42.5 Å². The molecule has 4 atom stereocenters. The fourth-order valence-corrected chi connectivity index (χ4v) is 5.91. The maximum absolute atomic E-state index is 11.5. The smallest absolute Gasteiger partial charge is 0.217 e. The number of carbonyl (C=O) groups is 1. The van der Waals surface area contributed by atoms with Gasteiger partial charge in [0.05, 0.1) is 5.69 Å². The largest absolute Gasteiger partial charge is 0.488 e. The summed E-state index contributed by atoms with van der Waals surface area (Å²) in [5.41, 5.74) is 3.30. The van der Waals surface area contributed by atoms with Crippen molar-refractivity contribution in [3.8, 4) is 28.5 Å². The molecule has 2 saturated heterocycles. The Balaban J connectivity index is 1.07. The molecule has 3 aliphatic rings. The number of aromatic nitrogens is 2. The van der Waals surface area contributed by atoms with Crippen molar-refractivity contribution < 1.29 is 14.3 Å². The minimum Gasteiger partial charge on any atom is -0.488 e. The molecule has 0 aliphatic carbocycles. The third-order valence-corrected chi connectivity index (χ3v) is 7.39. The lowest BCUT2D eigenvalue weighted by atomic mass is 9.96. The minimum atomic E-state index is 0.0826. The number of aromatic amines is 1. The Morgan fingerprint density at radius 2 is 1.88 bits per heavy atom. The molecule has 2 aromatic carbocycles. The van der Waals surface area contributed by atoms with Gasteiger partial charge in [0, 0.05) is 50.3 Å². The fourth-order valence-electron chi connectivity index (χ4n) is 5.91. The molecule has 7 nitrogen and oxygen atoms in total. The third kappa shape index (κ3) is 4.28. The number of piperidine rings is 1. The molecular weight excluding hydrogens is 428 g/mol. The molecule has 1 aromatic heterocycles. The lowest BCUT2D eigenvalue weighted by molar-refractivity contribution is -0.120. The molecule has 2 bridgehead atoms. The van der Waals surface area contributed by atoms with Crippen molar-refractivity contribution in [1.29, 1.82) is 0 Å². The highest BCUT2D eigenvalue weighted by atomic mass is 16.5. The van der Waals surface area contributed by atoms with E-state index in [4.69, 9.17) is 9.47 Å². The van der Waals surface area contributed by atoms with Crippen LogP contribution < -0.4 is 14.8 Å². The molecule has 0 radical (unpaired) electrons. The number of amides is 1. The molecule has 3 unspecified atom stereocenters. The summed E-state index contributed by atoms with van der Waals surface area (Å²) in [6.45, 7) is 2.56. The molecule has 1 amide bonds. The molecule has 3 aromatic rings. The van der Waals surface area contributed by atoms with Crippen molar-refractivity contribution in [2.24, 2.45) is 0 Å². The number of fused-ring (bicyclic) bond motifs is 3. The van der Waals surface area contributed by atoms with Crippen molar-refractivity contribution in [2.75, 3.05) is 6.54 Å². The molecule has 0 spiro atoms. The Bertz CT molecular complexity index is 1150. The predicted molar refractivity (Wildman–Crippen MR) is 129 cm³/mol. The summed E-state index contributed by atoms with van der Waals surface area (Å²) in [5.74, 6) is 2.58. The maximum Gasteiger partial charge on any atom is 0.217 e. The summed E-state index contributed by atoms with van der Waals surface area (Å²) >= 11 is 0. The van der Waals surface area contributed by atoms with Gasteiger partial charge >= 0.3 is 0 Å². The number of ether oxygens (including phenoxy) is 2. The molecule has 0 saturated carbocycles. The zero-order valence-electron chi connectivity index (χ0n) is 19.4. The standard InChI is InChI=1S/C27H30N4O3/c1-17(32)29-20-13-21-5-6-22(14-20)31(21)16-25-12-19-4-9-24(15-27(19)34-25)33-23-7-2-18(3-8-23)26-10-11-28-30-26/h2-4,7-11,15,20-22,25H,5-6,12-14,16H2,1H3,(H,28,30)(H,29,32)/t20?,21-,22?,25?/m1/s1. The Morgan fingerprint density at radius 1 is 1.12 bits per heavy atom. The summed E-state index contributed by atoms with van der Waals surface area (Å²) in [6.07, 6.45) is 7.38. The van der Waals surface area contributed by atoms with E-state index in [2.05, 4.69) is 26.5 Å². The molecular formula is C27H30N4O3. The van der Waals surface area contributed by atoms with Gasteiger partial charge in [-0.25, -0.2) is 0 Å². The van der Waals surface area contributed by atoms with Crippen molar-refractivity contribution in [3.05, 3.63) is 60.3 Å². The topological polar surface area (TPSA) is 79.5 Å². The van der Waals surface area contributed by atoms with Crippen molar-refractivity contribution in [3.63, 3.8) is 0 Å². The van der Waals surface area contributed by atoms with Gasteiger partial charge in [0.1, 0.15) is 23.4 Å². The highest BCUT2D eigenvalue weighted by molar-refractivity contribution is 5.73. The molecule has 2 fully saturated rings. The predicted octanol–water partition coefficient (Wildman–Crippen LogP) is 4.30. The van der Waals surface area contributed by atoms with Gasteiger partial charge in [0.25, 0.3) is 0 Å². The van der Waals surface area contributed by atoms with Crippen molar-refractivity contribution >= 4 is 5.91 Å². The van der Waals surface area contributed by atoms with Crippen LogP contribution in [0.4, 0.5) is 0 Å². The molecule has 6 rings (SSSR count). The number of nitrogens with one attached hydrogen (secondary N) is 2. The number of H-pyrrole nitrogens is 1. The Hall–Kier alpha value is -3.32. The van der Waals surface area contributed by atoms with E-state index in [0.29, 0.717) is 18.1 Å². The van der Waals surface area contributed by atoms with Gasteiger partial charge in [-0.2, -0.15) is 5.10 Å². The van der Waals surface area contributed by atoms with Crippen LogP contribution in [0.5, 0.6) is 17.2 Å². The van der Waals surface area contributed by atoms with E-state index in [0.717, 1.165) is 54.3 Å². The third-order valence-electron chi connectivity index (χ3n) is 7.39. The van der Waals surface area contributed by atoms with Gasteiger partial charge in [-0.1, -0.05) is 6.07 Å². The number of rotatable bonds is 6. The van der Waals surface area contributed by atoms with Crippen molar-refractivity contribution in [2.45, 2.75) is 63.3 Å². The average Bonchev–Trinajstić information content (AvgIpc) is 3.53. The van der Waals surface area contributed by atoms with Crippen LogP contribution in [0, 0.1) is 0 Å². The van der Waals surface area contributed by atoms with E-state index in [1.54, 1.807) is 13.1 Å². The van der Waals surface area contributed by atoms with Gasteiger partial charge < -0.3 is 14.8 Å². The molecule has 4 heterocycles. The van der Waals surface area contributed by atoms with Crippen LogP contribution in [-0.4, -0.2) is 51.8 Å². The summed E-state index contributed by atoms with van der Waals surface area (Å²) < 4.78 is 12.5. The molecule has 7 heteroatoms. The fraction of sp³-hybridized carbons (Fsp3) is 0.407. The first-order valence-corrected chi connectivity index (χ1v) is 12.2. The lowest BCUT2D eigenvalue weighted by Gasteiger charge is -2.40. The maximum atomic E-state index is 11.5. The van der Waals surface area contributed by atoms with Crippen LogP contribution in [0.2, 0.25) is 0 Å². The van der Waals surface area contributed by atoms with Crippen molar-refractivity contribution in [1.82, 2.24) is 20.4 Å². The van der Waals surface area contributed by atoms with Crippen LogP contribution >= 0.6 is 0 Å². The van der Waals surface area contributed by atoms with Gasteiger partial charge in [0.15, 0.2) is 0 Å². The highest BCUT2D eigenvalue weighted by Gasteiger charge is 2.42. The van der Waals surface area contributed by atoms with Crippen LogP contribution in [0.1, 0.15) is 38.2 Å². The number of nitrogens with zero attached hydrogens (tertiary/aromatic N) is 2. The van der Waals surface area contributed by atoms with Crippen LogP contribution in [0.3, 0.4) is 0 Å². The normalized spacial score (nSPS) is 25.6.